The van der Waals surface area contributed by atoms with Gasteiger partial charge in [0.1, 0.15) is 12.4 Å². The maximum atomic E-state index is 11.6. The van der Waals surface area contributed by atoms with E-state index in [0.717, 1.165) is 17.0 Å². The lowest BCUT2D eigenvalue weighted by Gasteiger charge is -2.09. The van der Waals surface area contributed by atoms with Gasteiger partial charge >= 0.3 is 0 Å². The number of hydrogen-bond donors (Lipinski definition) is 1. The Labute approximate surface area is 105 Å². The van der Waals surface area contributed by atoms with Crippen LogP contribution in [0.5, 0.6) is 11.5 Å². The first-order valence-electron chi connectivity index (χ1n) is 5.64. The summed E-state index contributed by atoms with van der Waals surface area (Å²) in [4.78, 5) is 14.6. The van der Waals surface area contributed by atoms with Crippen LogP contribution in [-0.4, -0.2) is 12.1 Å². The topological polar surface area (TPSA) is 51.3 Å². The third kappa shape index (κ3) is 2.71. The molecular weight excluding hydrogens is 230 g/mol. The molecule has 0 spiro atoms. The summed E-state index contributed by atoms with van der Waals surface area (Å²) in [5.41, 5.74) is 1.59. The highest BCUT2D eigenvalue weighted by Gasteiger charge is 2.05. The molecule has 0 aliphatic heterocycles. The number of aryl methyl sites for hydroxylation is 1. The van der Waals surface area contributed by atoms with Gasteiger partial charge in [0.05, 0.1) is 7.11 Å². The molecule has 2 aromatic rings. The number of aromatic nitrogens is 1. The molecule has 0 atom stereocenters. The Bertz CT molecular complexity index is 590. The molecule has 0 aliphatic rings. The molecule has 0 unspecified atom stereocenters. The predicted molar refractivity (Wildman–Crippen MR) is 69.1 cm³/mol. The highest BCUT2D eigenvalue weighted by Crippen LogP contribution is 2.18. The normalized spacial score (nSPS) is 10.1. The number of hydrogen-bond acceptors (Lipinski definition) is 3. The van der Waals surface area contributed by atoms with Gasteiger partial charge < -0.3 is 14.5 Å². The van der Waals surface area contributed by atoms with Crippen molar-refractivity contribution in [3.63, 3.8) is 0 Å². The monoisotopic (exact) mass is 245 g/mol. The summed E-state index contributed by atoms with van der Waals surface area (Å²) >= 11 is 0. The molecule has 0 aliphatic carbocycles. The van der Waals surface area contributed by atoms with E-state index in [4.69, 9.17) is 9.47 Å². The molecule has 94 valence electrons. The zero-order chi connectivity index (χ0) is 13.0. The van der Waals surface area contributed by atoms with Gasteiger partial charge in [-0.2, -0.15) is 0 Å². The van der Waals surface area contributed by atoms with E-state index in [2.05, 4.69) is 4.98 Å². The van der Waals surface area contributed by atoms with Crippen LogP contribution in [0.2, 0.25) is 0 Å². The van der Waals surface area contributed by atoms with Crippen LogP contribution < -0.4 is 14.9 Å². The summed E-state index contributed by atoms with van der Waals surface area (Å²) in [5, 5.41) is 0. The Hall–Kier alpha value is -2.23. The predicted octanol–water partition coefficient (Wildman–Crippen LogP) is 2.27. The van der Waals surface area contributed by atoms with Crippen molar-refractivity contribution in [2.75, 3.05) is 7.11 Å². The zero-order valence-electron chi connectivity index (χ0n) is 10.4. The summed E-state index contributed by atoms with van der Waals surface area (Å²) in [7, 11) is 1.61. The lowest BCUT2D eigenvalue weighted by molar-refractivity contribution is 0.293. The molecule has 1 heterocycles. The molecule has 2 rings (SSSR count). The molecule has 4 nitrogen and oxygen atoms in total. The van der Waals surface area contributed by atoms with Crippen molar-refractivity contribution in [2.45, 2.75) is 13.5 Å². The third-order valence-electron chi connectivity index (χ3n) is 2.60. The average molecular weight is 245 g/mol. The number of ether oxygens (including phenoxy) is 2. The lowest BCUT2D eigenvalue weighted by Crippen LogP contribution is -2.08. The number of benzene rings is 1. The maximum absolute atomic E-state index is 11.6. The van der Waals surface area contributed by atoms with Crippen LogP contribution in [0, 0.1) is 6.92 Å². The minimum Gasteiger partial charge on any atom is -0.496 e. The Morgan fingerprint density at radius 3 is 2.72 bits per heavy atom. The number of methoxy groups -OCH3 is 1. The number of aromatic amines is 1. The largest absolute Gasteiger partial charge is 0.496 e. The Balaban J connectivity index is 2.14. The van der Waals surface area contributed by atoms with Crippen molar-refractivity contribution in [2.24, 2.45) is 0 Å². The van der Waals surface area contributed by atoms with Crippen molar-refractivity contribution >= 4 is 0 Å². The Kier molecular flexibility index (Phi) is 3.67. The van der Waals surface area contributed by atoms with E-state index in [0.29, 0.717) is 12.4 Å². The number of para-hydroxylation sites is 1. The summed E-state index contributed by atoms with van der Waals surface area (Å²) in [6.45, 7) is 2.13. The van der Waals surface area contributed by atoms with E-state index < -0.39 is 0 Å². The van der Waals surface area contributed by atoms with Gasteiger partial charge in [0.25, 0.3) is 0 Å². The summed E-state index contributed by atoms with van der Waals surface area (Å²) < 4.78 is 10.7. The number of pyridine rings is 1. The summed E-state index contributed by atoms with van der Waals surface area (Å²) in [5.74, 6) is 1.06. The third-order valence-corrected chi connectivity index (χ3v) is 2.60. The van der Waals surface area contributed by atoms with Crippen molar-refractivity contribution in [1.82, 2.24) is 4.98 Å². The highest BCUT2D eigenvalue weighted by atomic mass is 16.5. The van der Waals surface area contributed by atoms with Crippen LogP contribution in [0.4, 0.5) is 0 Å². The van der Waals surface area contributed by atoms with Crippen LogP contribution in [-0.2, 0) is 6.61 Å². The first-order valence-corrected chi connectivity index (χ1v) is 5.64. The Morgan fingerprint density at radius 2 is 2.00 bits per heavy atom. The van der Waals surface area contributed by atoms with Crippen LogP contribution in [0.25, 0.3) is 0 Å². The van der Waals surface area contributed by atoms with Crippen molar-refractivity contribution in [3.8, 4) is 11.5 Å². The molecule has 18 heavy (non-hydrogen) atoms. The molecule has 1 aromatic heterocycles. The van der Waals surface area contributed by atoms with Gasteiger partial charge in [-0.05, 0) is 13.0 Å². The van der Waals surface area contributed by atoms with Gasteiger partial charge in [0, 0.05) is 23.5 Å². The highest BCUT2D eigenvalue weighted by molar-refractivity contribution is 5.33. The Morgan fingerprint density at radius 1 is 1.22 bits per heavy atom. The fourth-order valence-electron chi connectivity index (χ4n) is 1.65. The number of nitrogens with one attached hydrogen (secondary N) is 1. The van der Waals surface area contributed by atoms with Crippen molar-refractivity contribution in [3.05, 3.63) is 58.0 Å². The minimum absolute atomic E-state index is 0.124. The van der Waals surface area contributed by atoms with E-state index in [1.807, 2.05) is 31.2 Å². The molecule has 0 bridgehead atoms. The van der Waals surface area contributed by atoms with Gasteiger partial charge in [0.2, 0.25) is 5.43 Å². The van der Waals surface area contributed by atoms with E-state index in [1.165, 1.54) is 6.07 Å². The van der Waals surface area contributed by atoms with Crippen LogP contribution >= 0.6 is 0 Å². The second-order valence-electron chi connectivity index (χ2n) is 3.95. The SMILES string of the molecule is COc1ccccc1COc1c[nH]c(C)cc1=O. The first kappa shape index (κ1) is 12.2. The van der Waals surface area contributed by atoms with Crippen LogP contribution in [0.3, 0.4) is 0 Å². The van der Waals surface area contributed by atoms with Gasteiger partial charge in [-0.15, -0.1) is 0 Å². The molecule has 1 aromatic carbocycles. The second kappa shape index (κ2) is 5.40. The molecule has 0 saturated heterocycles. The summed E-state index contributed by atoms with van der Waals surface area (Å²) in [6, 6.07) is 9.07. The minimum atomic E-state index is -0.124. The quantitative estimate of drug-likeness (QED) is 0.899. The van der Waals surface area contributed by atoms with Crippen LogP contribution in [0.1, 0.15) is 11.3 Å². The lowest BCUT2D eigenvalue weighted by atomic mass is 10.2. The molecule has 1 N–H and O–H groups in total. The molecule has 0 amide bonds. The van der Waals surface area contributed by atoms with E-state index in [1.54, 1.807) is 13.3 Å². The fraction of sp³-hybridized carbons (Fsp3) is 0.214. The van der Waals surface area contributed by atoms with Crippen LogP contribution in [0.15, 0.2) is 41.3 Å². The fourth-order valence-corrected chi connectivity index (χ4v) is 1.65. The molecule has 0 fully saturated rings. The second-order valence-corrected chi connectivity index (χ2v) is 3.95. The van der Waals surface area contributed by atoms with Crippen molar-refractivity contribution < 1.29 is 9.47 Å². The molecule has 0 saturated carbocycles. The van der Waals surface area contributed by atoms with Gasteiger partial charge in [0.15, 0.2) is 5.75 Å². The molecule has 0 radical (unpaired) electrons. The van der Waals surface area contributed by atoms with Crippen molar-refractivity contribution in [1.29, 1.82) is 0 Å². The van der Waals surface area contributed by atoms with E-state index >= 15 is 0 Å². The van der Waals surface area contributed by atoms with E-state index in [9.17, 15) is 4.79 Å². The first-order chi connectivity index (χ1) is 8.70. The molecule has 4 heteroatoms. The molecular formula is C14H15NO3. The number of rotatable bonds is 4. The standard InChI is InChI=1S/C14H15NO3/c1-10-7-12(16)14(8-15-10)18-9-11-5-3-4-6-13(11)17-2/h3-8H,9H2,1-2H3,(H,15,16). The average Bonchev–Trinajstić information content (AvgIpc) is 2.38. The maximum Gasteiger partial charge on any atom is 0.223 e. The zero-order valence-corrected chi connectivity index (χ0v) is 10.4. The van der Waals surface area contributed by atoms with Gasteiger partial charge in [-0.3, -0.25) is 4.79 Å². The van der Waals surface area contributed by atoms with E-state index in [-0.39, 0.29) is 5.43 Å². The number of H-pyrrole nitrogens is 1. The van der Waals surface area contributed by atoms with Gasteiger partial charge in [-0.25, -0.2) is 0 Å². The smallest absolute Gasteiger partial charge is 0.223 e. The summed E-state index contributed by atoms with van der Waals surface area (Å²) in [6.07, 6.45) is 1.58. The van der Waals surface area contributed by atoms with Gasteiger partial charge in [-0.1, -0.05) is 18.2 Å².